The molecular formula is C17H18N4O3S. The maximum atomic E-state index is 12.0. The van der Waals surface area contributed by atoms with E-state index in [1.807, 2.05) is 30.3 Å². The Morgan fingerprint density at radius 3 is 2.84 bits per heavy atom. The molecule has 130 valence electrons. The smallest absolute Gasteiger partial charge is 0.319 e. The fraction of sp³-hybridized carbons (Fsp3) is 0.235. The van der Waals surface area contributed by atoms with Gasteiger partial charge in [-0.25, -0.2) is 4.79 Å². The molecule has 2 amide bonds. The summed E-state index contributed by atoms with van der Waals surface area (Å²) in [4.78, 5) is 12.0. The largest absolute Gasteiger partial charge is 0.497 e. The number of benzene rings is 2. The molecule has 1 heterocycles. The minimum Gasteiger partial charge on any atom is -0.497 e. The molecule has 0 fully saturated rings. The summed E-state index contributed by atoms with van der Waals surface area (Å²) in [6.07, 6.45) is 0.648. The van der Waals surface area contributed by atoms with Crippen molar-refractivity contribution in [2.75, 3.05) is 26.1 Å². The maximum Gasteiger partial charge on any atom is 0.319 e. The molecule has 0 aliphatic heterocycles. The summed E-state index contributed by atoms with van der Waals surface area (Å²) in [5.41, 5.74) is 2.45. The molecule has 7 nitrogen and oxygen atoms in total. The van der Waals surface area contributed by atoms with Crippen LogP contribution >= 0.6 is 11.5 Å². The van der Waals surface area contributed by atoms with Gasteiger partial charge in [0, 0.05) is 18.3 Å². The molecule has 0 radical (unpaired) electrons. The van der Waals surface area contributed by atoms with E-state index in [4.69, 9.17) is 9.47 Å². The minimum absolute atomic E-state index is 0.269. The monoisotopic (exact) mass is 358 g/mol. The van der Waals surface area contributed by atoms with E-state index < -0.39 is 0 Å². The molecule has 0 saturated heterocycles. The summed E-state index contributed by atoms with van der Waals surface area (Å²) in [6, 6.07) is 10.9. The van der Waals surface area contributed by atoms with Gasteiger partial charge in [0.1, 0.15) is 17.0 Å². The topological polar surface area (TPSA) is 85.4 Å². The number of urea groups is 1. The van der Waals surface area contributed by atoms with Gasteiger partial charge in [0.2, 0.25) is 0 Å². The van der Waals surface area contributed by atoms with E-state index in [0.29, 0.717) is 18.7 Å². The lowest BCUT2D eigenvalue weighted by Gasteiger charge is -2.11. The number of nitrogens with one attached hydrogen (secondary N) is 2. The van der Waals surface area contributed by atoms with Crippen LogP contribution in [0.1, 0.15) is 5.56 Å². The fourth-order valence-electron chi connectivity index (χ4n) is 2.40. The van der Waals surface area contributed by atoms with Crippen molar-refractivity contribution in [1.82, 2.24) is 14.9 Å². The molecular weight excluding hydrogens is 340 g/mol. The Balaban J connectivity index is 1.54. The van der Waals surface area contributed by atoms with Crippen LogP contribution in [0, 0.1) is 0 Å². The Hall–Kier alpha value is -2.87. The molecule has 0 aliphatic rings. The van der Waals surface area contributed by atoms with Gasteiger partial charge in [-0.05, 0) is 47.8 Å². The molecule has 8 heteroatoms. The highest BCUT2D eigenvalue weighted by atomic mass is 32.1. The van der Waals surface area contributed by atoms with Crippen LogP contribution in [0.5, 0.6) is 11.5 Å². The summed E-state index contributed by atoms with van der Waals surface area (Å²) in [6.45, 7) is 0.481. The van der Waals surface area contributed by atoms with Crippen LogP contribution in [-0.4, -0.2) is 36.4 Å². The summed E-state index contributed by atoms with van der Waals surface area (Å²) in [5.74, 6) is 1.47. The zero-order valence-corrected chi connectivity index (χ0v) is 14.7. The third-order valence-electron chi connectivity index (χ3n) is 3.68. The molecule has 3 rings (SSSR count). The first-order chi connectivity index (χ1) is 12.2. The number of nitrogens with zero attached hydrogens (tertiary/aromatic N) is 2. The van der Waals surface area contributed by atoms with Gasteiger partial charge < -0.3 is 20.1 Å². The van der Waals surface area contributed by atoms with Crippen molar-refractivity contribution in [3.63, 3.8) is 0 Å². The molecule has 0 aliphatic carbocycles. The molecule has 3 aromatic rings. The second-order valence-corrected chi connectivity index (χ2v) is 6.05. The zero-order chi connectivity index (χ0) is 17.6. The van der Waals surface area contributed by atoms with E-state index in [1.165, 1.54) is 11.5 Å². The fourth-order valence-corrected chi connectivity index (χ4v) is 2.94. The van der Waals surface area contributed by atoms with E-state index in [2.05, 4.69) is 20.2 Å². The normalized spacial score (nSPS) is 10.5. The lowest BCUT2D eigenvalue weighted by Crippen LogP contribution is -2.30. The number of amides is 2. The molecule has 0 bridgehead atoms. The van der Waals surface area contributed by atoms with E-state index in [0.717, 1.165) is 27.3 Å². The van der Waals surface area contributed by atoms with Crippen molar-refractivity contribution in [2.45, 2.75) is 6.42 Å². The molecule has 2 N–H and O–H groups in total. The number of anilines is 1. The van der Waals surface area contributed by atoms with Crippen LogP contribution in [0.2, 0.25) is 0 Å². The standard InChI is InChI=1S/C17H18N4O3S/c1-23-13-5-3-11(15(10-13)24-2)7-8-18-17(22)19-12-4-6-16-14(9-12)20-21-25-16/h3-6,9-10H,7-8H2,1-2H3,(H2,18,19,22). The second-order valence-electron chi connectivity index (χ2n) is 5.26. The van der Waals surface area contributed by atoms with Crippen LogP contribution in [-0.2, 0) is 6.42 Å². The Bertz CT molecular complexity index is 881. The van der Waals surface area contributed by atoms with Crippen molar-refractivity contribution in [1.29, 1.82) is 0 Å². The van der Waals surface area contributed by atoms with Crippen molar-refractivity contribution in [2.24, 2.45) is 0 Å². The second kappa shape index (κ2) is 7.80. The Labute approximate surface area is 149 Å². The maximum absolute atomic E-state index is 12.0. The Morgan fingerprint density at radius 1 is 1.16 bits per heavy atom. The zero-order valence-electron chi connectivity index (χ0n) is 13.9. The number of carbonyl (C=O) groups is 1. The summed E-state index contributed by atoms with van der Waals surface area (Å²) in [5, 5.41) is 9.62. The Morgan fingerprint density at radius 2 is 2.04 bits per heavy atom. The van der Waals surface area contributed by atoms with Gasteiger partial charge in [-0.1, -0.05) is 10.6 Å². The molecule has 0 saturated carbocycles. The number of rotatable bonds is 6. The van der Waals surface area contributed by atoms with Crippen molar-refractivity contribution >= 4 is 33.5 Å². The highest BCUT2D eigenvalue weighted by Crippen LogP contribution is 2.24. The third kappa shape index (κ3) is 4.16. The number of hydrogen-bond donors (Lipinski definition) is 2. The first kappa shape index (κ1) is 17.0. The molecule has 2 aromatic carbocycles. The predicted molar refractivity (Wildman–Crippen MR) is 97.7 cm³/mol. The summed E-state index contributed by atoms with van der Waals surface area (Å²) in [7, 11) is 3.22. The number of hydrogen-bond acceptors (Lipinski definition) is 6. The molecule has 1 aromatic heterocycles. The summed E-state index contributed by atoms with van der Waals surface area (Å²) >= 11 is 1.32. The number of aromatic nitrogens is 2. The van der Waals surface area contributed by atoms with Gasteiger partial charge in [0.25, 0.3) is 0 Å². The van der Waals surface area contributed by atoms with Crippen molar-refractivity contribution < 1.29 is 14.3 Å². The lowest BCUT2D eigenvalue weighted by molar-refractivity contribution is 0.252. The van der Waals surface area contributed by atoms with Crippen LogP contribution < -0.4 is 20.1 Å². The van der Waals surface area contributed by atoms with Gasteiger partial charge in [-0.3, -0.25) is 0 Å². The van der Waals surface area contributed by atoms with Crippen molar-refractivity contribution in [3.05, 3.63) is 42.0 Å². The Kier molecular flexibility index (Phi) is 5.30. The minimum atomic E-state index is -0.269. The highest BCUT2D eigenvalue weighted by molar-refractivity contribution is 7.12. The summed E-state index contributed by atoms with van der Waals surface area (Å²) < 4.78 is 15.4. The third-order valence-corrected chi connectivity index (χ3v) is 4.38. The molecule has 25 heavy (non-hydrogen) atoms. The highest BCUT2D eigenvalue weighted by Gasteiger charge is 2.07. The molecule has 0 unspecified atom stereocenters. The first-order valence-corrected chi connectivity index (χ1v) is 8.45. The van der Waals surface area contributed by atoms with Crippen LogP contribution in [0.3, 0.4) is 0 Å². The van der Waals surface area contributed by atoms with Gasteiger partial charge >= 0.3 is 6.03 Å². The van der Waals surface area contributed by atoms with Crippen LogP contribution in [0.25, 0.3) is 10.2 Å². The van der Waals surface area contributed by atoms with E-state index in [-0.39, 0.29) is 6.03 Å². The van der Waals surface area contributed by atoms with Crippen molar-refractivity contribution in [3.8, 4) is 11.5 Å². The van der Waals surface area contributed by atoms with E-state index >= 15 is 0 Å². The molecule has 0 atom stereocenters. The number of fused-ring (bicyclic) bond motifs is 1. The number of methoxy groups -OCH3 is 2. The van der Waals surface area contributed by atoms with Gasteiger partial charge in [0.15, 0.2) is 0 Å². The van der Waals surface area contributed by atoms with Gasteiger partial charge in [-0.2, -0.15) is 0 Å². The lowest BCUT2D eigenvalue weighted by atomic mass is 10.1. The number of ether oxygens (including phenoxy) is 2. The van der Waals surface area contributed by atoms with E-state index in [9.17, 15) is 4.79 Å². The van der Waals surface area contributed by atoms with Crippen LogP contribution in [0.15, 0.2) is 36.4 Å². The van der Waals surface area contributed by atoms with Gasteiger partial charge in [0.05, 0.1) is 18.9 Å². The quantitative estimate of drug-likeness (QED) is 0.707. The average molecular weight is 358 g/mol. The number of carbonyl (C=O) groups excluding carboxylic acids is 1. The van der Waals surface area contributed by atoms with Crippen LogP contribution in [0.4, 0.5) is 10.5 Å². The first-order valence-electron chi connectivity index (χ1n) is 7.67. The average Bonchev–Trinajstić information content (AvgIpc) is 3.09. The predicted octanol–water partition coefficient (Wildman–Crippen LogP) is 3.07. The molecule has 0 spiro atoms. The van der Waals surface area contributed by atoms with E-state index in [1.54, 1.807) is 20.3 Å². The SMILES string of the molecule is COc1ccc(CCNC(=O)Nc2ccc3snnc3c2)c(OC)c1. The van der Waals surface area contributed by atoms with Gasteiger partial charge in [-0.15, -0.1) is 5.10 Å².